The number of halogens is 1. The molecular weight excluding hydrogens is 236 g/mol. The van der Waals surface area contributed by atoms with Gasteiger partial charge in [-0.05, 0) is 6.07 Å². The largest absolute Gasteiger partial charge is 0.464 e. The number of alkyl halides is 1. The first-order valence-corrected chi connectivity index (χ1v) is 5.98. The molecule has 3 nitrogen and oxygen atoms in total. The molecule has 0 radical (unpaired) electrons. The Balaban J connectivity index is 2.07. The lowest BCUT2D eigenvalue weighted by atomic mass is 10.1. The third-order valence-corrected chi connectivity index (χ3v) is 2.92. The molecule has 0 aliphatic rings. The summed E-state index contributed by atoms with van der Waals surface area (Å²) in [6, 6.07) is 7.95. The lowest BCUT2D eigenvalue weighted by Crippen LogP contribution is -1.88. The summed E-state index contributed by atoms with van der Waals surface area (Å²) in [6.45, 7) is 0. The van der Waals surface area contributed by atoms with Crippen molar-refractivity contribution in [3.05, 3.63) is 42.5 Å². The van der Waals surface area contributed by atoms with Gasteiger partial charge in [0.2, 0.25) is 0 Å². The first-order valence-electron chi connectivity index (χ1n) is 5.45. The van der Waals surface area contributed by atoms with Gasteiger partial charge in [-0.25, -0.2) is 4.98 Å². The Morgan fingerprint density at radius 1 is 1.29 bits per heavy atom. The van der Waals surface area contributed by atoms with Gasteiger partial charge in [0.1, 0.15) is 17.7 Å². The van der Waals surface area contributed by atoms with Gasteiger partial charge in [-0.2, -0.15) is 0 Å². The summed E-state index contributed by atoms with van der Waals surface area (Å²) in [6.07, 6.45) is 4.32. The van der Waals surface area contributed by atoms with E-state index in [1.807, 2.05) is 30.5 Å². The number of hydrogen-bond acceptors (Lipinski definition) is 2. The Kier molecular flexibility index (Phi) is 2.61. The number of aromatic nitrogens is 2. The highest BCUT2D eigenvalue weighted by atomic mass is 35.5. The van der Waals surface area contributed by atoms with Crippen LogP contribution >= 0.6 is 11.6 Å². The standard InChI is InChI=1S/C13H11ClN2O/c14-6-5-13-15-7-11(16-13)10-8-17-12-4-2-1-3-9(10)12/h1-4,7-8H,5-6H2,(H,15,16). The molecule has 2 aromatic heterocycles. The highest BCUT2D eigenvalue weighted by molar-refractivity contribution is 6.17. The van der Waals surface area contributed by atoms with Crippen molar-refractivity contribution in [1.29, 1.82) is 0 Å². The Bertz CT molecular complexity index is 641. The first kappa shape index (κ1) is 10.4. The minimum absolute atomic E-state index is 0.569. The van der Waals surface area contributed by atoms with Crippen molar-refractivity contribution in [3.8, 4) is 11.3 Å². The molecular formula is C13H11ClN2O. The van der Waals surface area contributed by atoms with Crippen LogP contribution < -0.4 is 0 Å². The zero-order valence-electron chi connectivity index (χ0n) is 9.11. The summed E-state index contributed by atoms with van der Waals surface area (Å²) in [5, 5.41) is 1.09. The minimum Gasteiger partial charge on any atom is -0.464 e. The summed E-state index contributed by atoms with van der Waals surface area (Å²) >= 11 is 5.69. The van der Waals surface area contributed by atoms with E-state index in [-0.39, 0.29) is 0 Å². The highest BCUT2D eigenvalue weighted by Crippen LogP contribution is 2.29. The molecule has 0 aliphatic carbocycles. The Morgan fingerprint density at radius 2 is 2.18 bits per heavy atom. The molecule has 0 bridgehead atoms. The molecule has 4 heteroatoms. The lowest BCUT2D eigenvalue weighted by Gasteiger charge is -1.93. The molecule has 0 amide bonds. The number of aromatic amines is 1. The molecule has 0 spiro atoms. The van der Waals surface area contributed by atoms with Crippen molar-refractivity contribution < 1.29 is 4.42 Å². The molecule has 0 saturated heterocycles. The van der Waals surface area contributed by atoms with Gasteiger partial charge >= 0.3 is 0 Å². The number of para-hydroxylation sites is 1. The smallest absolute Gasteiger partial charge is 0.134 e. The molecule has 0 aliphatic heterocycles. The van der Waals surface area contributed by atoms with Crippen molar-refractivity contribution in [2.24, 2.45) is 0 Å². The maximum absolute atomic E-state index is 5.69. The number of aryl methyl sites for hydroxylation is 1. The topological polar surface area (TPSA) is 41.8 Å². The van der Waals surface area contributed by atoms with E-state index in [0.717, 1.165) is 34.5 Å². The van der Waals surface area contributed by atoms with Gasteiger partial charge in [0.15, 0.2) is 0 Å². The fourth-order valence-corrected chi connectivity index (χ4v) is 2.08. The molecule has 17 heavy (non-hydrogen) atoms. The van der Waals surface area contributed by atoms with E-state index in [9.17, 15) is 0 Å². The second kappa shape index (κ2) is 4.26. The molecule has 1 aromatic carbocycles. The predicted octanol–water partition coefficient (Wildman–Crippen LogP) is 3.60. The van der Waals surface area contributed by atoms with Crippen LogP contribution in [-0.2, 0) is 6.42 Å². The van der Waals surface area contributed by atoms with Gasteiger partial charge in [0.25, 0.3) is 0 Å². The quantitative estimate of drug-likeness (QED) is 0.718. The number of fused-ring (bicyclic) bond motifs is 1. The van der Waals surface area contributed by atoms with Gasteiger partial charge < -0.3 is 9.40 Å². The van der Waals surface area contributed by atoms with E-state index in [0.29, 0.717) is 5.88 Å². The molecule has 0 saturated carbocycles. The van der Waals surface area contributed by atoms with Crippen molar-refractivity contribution in [1.82, 2.24) is 9.97 Å². The maximum Gasteiger partial charge on any atom is 0.134 e. The molecule has 3 aromatic rings. The number of benzene rings is 1. The second-order valence-corrected chi connectivity index (χ2v) is 4.21. The molecule has 86 valence electrons. The van der Waals surface area contributed by atoms with Crippen molar-refractivity contribution in [2.75, 3.05) is 5.88 Å². The molecule has 0 unspecified atom stereocenters. The monoisotopic (exact) mass is 246 g/mol. The Labute approximate surface area is 103 Å². The van der Waals surface area contributed by atoms with Gasteiger partial charge in [0.05, 0.1) is 11.9 Å². The zero-order valence-corrected chi connectivity index (χ0v) is 9.87. The highest BCUT2D eigenvalue weighted by Gasteiger charge is 2.09. The van der Waals surface area contributed by atoms with Crippen molar-refractivity contribution in [3.63, 3.8) is 0 Å². The third-order valence-electron chi connectivity index (χ3n) is 2.73. The van der Waals surface area contributed by atoms with Gasteiger partial charge in [0, 0.05) is 23.3 Å². The summed E-state index contributed by atoms with van der Waals surface area (Å²) in [5.41, 5.74) is 2.89. The van der Waals surface area contributed by atoms with Crippen molar-refractivity contribution >= 4 is 22.6 Å². The number of nitrogens with zero attached hydrogens (tertiary/aromatic N) is 1. The summed E-state index contributed by atoms with van der Waals surface area (Å²) < 4.78 is 5.50. The number of hydrogen-bond donors (Lipinski definition) is 1. The average molecular weight is 247 g/mol. The molecule has 0 atom stereocenters. The fourth-order valence-electron chi connectivity index (χ4n) is 1.90. The van der Waals surface area contributed by atoms with E-state index in [1.165, 1.54) is 0 Å². The van der Waals surface area contributed by atoms with Crippen LogP contribution in [0.15, 0.2) is 41.1 Å². The zero-order chi connectivity index (χ0) is 11.7. The predicted molar refractivity (Wildman–Crippen MR) is 68.2 cm³/mol. The van der Waals surface area contributed by atoms with E-state index < -0.39 is 0 Å². The third kappa shape index (κ3) is 1.83. The van der Waals surface area contributed by atoms with Crippen LogP contribution in [0.2, 0.25) is 0 Å². The second-order valence-electron chi connectivity index (χ2n) is 3.83. The van der Waals surface area contributed by atoms with Gasteiger partial charge in [-0.3, -0.25) is 0 Å². The van der Waals surface area contributed by atoms with Gasteiger partial charge in [-0.15, -0.1) is 11.6 Å². The SMILES string of the molecule is ClCCc1ncc(-c2coc3ccccc23)[nH]1. The van der Waals surface area contributed by atoms with Crippen LogP contribution in [0.25, 0.3) is 22.2 Å². The number of rotatable bonds is 3. The summed E-state index contributed by atoms with van der Waals surface area (Å²) in [5.74, 6) is 1.47. The van der Waals surface area contributed by atoms with E-state index in [2.05, 4.69) is 9.97 Å². The van der Waals surface area contributed by atoms with E-state index >= 15 is 0 Å². The Morgan fingerprint density at radius 3 is 3.06 bits per heavy atom. The van der Waals surface area contributed by atoms with Gasteiger partial charge in [-0.1, -0.05) is 18.2 Å². The number of imidazole rings is 1. The maximum atomic E-state index is 5.69. The molecule has 3 rings (SSSR count). The van der Waals surface area contributed by atoms with Crippen LogP contribution in [0.5, 0.6) is 0 Å². The summed E-state index contributed by atoms with van der Waals surface area (Å²) in [7, 11) is 0. The van der Waals surface area contributed by atoms with Crippen LogP contribution in [0, 0.1) is 0 Å². The van der Waals surface area contributed by atoms with Crippen LogP contribution in [0.4, 0.5) is 0 Å². The molecule has 2 heterocycles. The first-order chi connectivity index (χ1) is 8.38. The normalized spacial score (nSPS) is 11.1. The van der Waals surface area contributed by atoms with Crippen LogP contribution in [0.1, 0.15) is 5.82 Å². The van der Waals surface area contributed by atoms with Crippen LogP contribution in [0.3, 0.4) is 0 Å². The van der Waals surface area contributed by atoms with E-state index in [4.69, 9.17) is 16.0 Å². The fraction of sp³-hybridized carbons (Fsp3) is 0.154. The summed E-state index contributed by atoms with van der Waals surface area (Å²) in [4.78, 5) is 7.54. The average Bonchev–Trinajstić information content (AvgIpc) is 2.95. The number of furan rings is 1. The number of nitrogens with one attached hydrogen (secondary N) is 1. The van der Waals surface area contributed by atoms with Crippen molar-refractivity contribution in [2.45, 2.75) is 6.42 Å². The molecule has 1 N–H and O–H groups in total. The minimum atomic E-state index is 0.569. The Hall–Kier alpha value is -1.74. The lowest BCUT2D eigenvalue weighted by molar-refractivity contribution is 0.617. The van der Waals surface area contributed by atoms with E-state index in [1.54, 1.807) is 6.26 Å². The van der Waals surface area contributed by atoms with Crippen LogP contribution in [-0.4, -0.2) is 15.8 Å². The number of H-pyrrole nitrogens is 1. The molecule has 0 fully saturated rings.